The Labute approximate surface area is 219 Å². The zero-order valence-corrected chi connectivity index (χ0v) is 21.8. The van der Waals surface area contributed by atoms with Gasteiger partial charge in [0.05, 0.1) is 44.6 Å². The first kappa shape index (κ1) is 24.8. The molecule has 4 aromatic rings. The van der Waals surface area contributed by atoms with Crippen molar-refractivity contribution in [2.24, 2.45) is 7.05 Å². The fourth-order valence-corrected chi connectivity index (χ4v) is 4.74. The van der Waals surface area contributed by atoms with Crippen molar-refractivity contribution in [2.75, 3.05) is 57.3 Å². The summed E-state index contributed by atoms with van der Waals surface area (Å²) < 4.78 is 24.0. The van der Waals surface area contributed by atoms with Crippen molar-refractivity contribution in [1.29, 1.82) is 0 Å². The number of methoxy groups -OCH3 is 2. The van der Waals surface area contributed by atoms with E-state index in [2.05, 4.69) is 36.3 Å². The van der Waals surface area contributed by atoms with Crippen LogP contribution in [0, 0.1) is 0 Å². The van der Waals surface area contributed by atoms with Crippen molar-refractivity contribution in [3.63, 3.8) is 0 Å². The van der Waals surface area contributed by atoms with Crippen LogP contribution >= 0.6 is 11.3 Å². The summed E-state index contributed by atoms with van der Waals surface area (Å²) in [6.07, 6.45) is 0.645. The van der Waals surface area contributed by atoms with Gasteiger partial charge in [-0.3, -0.25) is 4.68 Å². The largest absolute Gasteiger partial charge is 0.493 e. The normalized spacial score (nSPS) is 13.4. The van der Waals surface area contributed by atoms with Crippen LogP contribution in [0.3, 0.4) is 0 Å². The van der Waals surface area contributed by atoms with Crippen molar-refractivity contribution in [3.05, 3.63) is 47.3 Å². The van der Waals surface area contributed by atoms with Gasteiger partial charge >= 0.3 is 6.01 Å². The summed E-state index contributed by atoms with van der Waals surface area (Å²) in [5.41, 5.74) is 2.06. The number of nitrogens with one attached hydrogen (secondary N) is 1. The lowest BCUT2D eigenvalue weighted by molar-refractivity contribution is 0.122. The molecule has 0 aliphatic carbocycles. The minimum atomic E-state index is 0.244. The topological polar surface area (TPSA) is 109 Å². The standard InChI is InChI=1S/C25H29N7O4S/c1-31-18(21-5-4-14-37-21)16-22(30-31)26-23-27-24(32-9-12-35-13-10-32)29-25(28-23)36-11-8-17-6-7-19(33-2)20(15-17)34-3/h4-7,14-16H,8-13H2,1-3H3,(H,26,27,28,29,30). The summed E-state index contributed by atoms with van der Waals surface area (Å²) in [6.45, 7) is 3.01. The number of morpholine rings is 1. The fourth-order valence-electron chi connectivity index (χ4n) is 3.97. The molecular weight excluding hydrogens is 494 g/mol. The van der Waals surface area contributed by atoms with Crippen LogP contribution < -0.4 is 24.4 Å². The number of rotatable bonds is 10. The first-order chi connectivity index (χ1) is 18.1. The van der Waals surface area contributed by atoms with Gasteiger partial charge in [-0.05, 0) is 29.1 Å². The van der Waals surface area contributed by atoms with Gasteiger partial charge in [-0.15, -0.1) is 11.3 Å². The molecule has 1 aliphatic rings. The Morgan fingerprint density at radius 1 is 1.03 bits per heavy atom. The third-order valence-electron chi connectivity index (χ3n) is 5.86. The van der Waals surface area contributed by atoms with Gasteiger partial charge in [-0.2, -0.15) is 20.1 Å². The van der Waals surface area contributed by atoms with E-state index in [1.165, 1.54) is 0 Å². The van der Waals surface area contributed by atoms with E-state index in [9.17, 15) is 0 Å². The lowest BCUT2D eigenvalue weighted by atomic mass is 10.1. The number of benzene rings is 1. The van der Waals surface area contributed by atoms with E-state index in [4.69, 9.17) is 18.9 Å². The number of hydrogen-bond acceptors (Lipinski definition) is 11. The van der Waals surface area contributed by atoms with Gasteiger partial charge in [-0.1, -0.05) is 12.1 Å². The fraction of sp³-hybridized carbons (Fsp3) is 0.360. The molecule has 0 saturated carbocycles. The number of ether oxygens (including phenoxy) is 4. The molecule has 5 rings (SSSR count). The summed E-state index contributed by atoms with van der Waals surface area (Å²) in [5.74, 6) is 2.91. The third-order valence-corrected chi connectivity index (χ3v) is 6.75. The molecule has 12 heteroatoms. The highest BCUT2D eigenvalue weighted by Crippen LogP contribution is 2.29. The molecule has 1 N–H and O–H groups in total. The smallest absolute Gasteiger partial charge is 0.323 e. The molecule has 0 bridgehead atoms. The van der Waals surface area contributed by atoms with E-state index < -0.39 is 0 Å². The van der Waals surface area contributed by atoms with Gasteiger partial charge < -0.3 is 29.2 Å². The second kappa shape index (κ2) is 11.4. The average molecular weight is 524 g/mol. The SMILES string of the molecule is COc1ccc(CCOc2nc(Nc3cc(-c4cccs4)n(C)n3)nc(N3CCOCC3)n2)cc1OC. The molecule has 0 radical (unpaired) electrons. The summed E-state index contributed by atoms with van der Waals surface area (Å²) in [5, 5.41) is 9.85. The number of thiophene rings is 1. The molecule has 37 heavy (non-hydrogen) atoms. The van der Waals surface area contributed by atoms with Gasteiger partial charge in [0, 0.05) is 32.6 Å². The maximum Gasteiger partial charge on any atom is 0.323 e. The molecule has 1 fully saturated rings. The molecular formula is C25H29N7O4S. The van der Waals surface area contributed by atoms with E-state index in [-0.39, 0.29) is 6.01 Å². The highest BCUT2D eigenvalue weighted by atomic mass is 32.1. The van der Waals surface area contributed by atoms with Crippen LogP contribution in [0.5, 0.6) is 17.5 Å². The second-order valence-electron chi connectivity index (χ2n) is 8.27. The maximum absolute atomic E-state index is 5.98. The van der Waals surface area contributed by atoms with Crippen LogP contribution in [0.1, 0.15) is 5.56 Å². The number of aromatic nitrogens is 5. The summed E-state index contributed by atoms with van der Waals surface area (Å²) >= 11 is 1.66. The van der Waals surface area contributed by atoms with E-state index in [0.29, 0.717) is 68.5 Å². The average Bonchev–Trinajstić information content (AvgIpc) is 3.58. The molecule has 0 atom stereocenters. The van der Waals surface area contributed by atoms with Crippen LogP contribution in [0.25, 0.3) is 10.6 Å². The predicted molar refractivity (Wildman–Crippen MR) is 141 cm³/mol. The number of nitrogens with zero attached hydrogens (tertiary/aromatic N) is 6. The molecule has 3 aromatic heterocycles. The van der Waals surface area contributed by atoms with Crippen molar-refractivity contribution < 1.29 is 18.9 Å². The molecule has 194 valence electrons. The Bertz CT molecular complexity index is 1320. The van der Waals surface area contributed by atoms with Gasteiger partial charge in [-0.25, -0.2) is 0 Å². The minimum absolute atomic E-state index is 0.244. The lowest BCUT2D eigenvalue weighted by Crippen LogP contribution is -2.37. The van der Waals surface area contributed by atoms with Crippen LogP contribution in [-0.4, -0.2) is 71.9 Å². The highest BCUT2D eigenvalue weighted by Gasteiger charge is 2.18. The quantitative estimate of drug-likeness (QED) is 0.331. The number of hydrogen-bond donors (Lipinski definition) is 1. The van der Waals surface area contributed by atoms with Crippen molar-refractivity contribution in [1.82, 2.24) is 24.7 Å². The van der Waals surface area contributed by atoms with Crippen LogP contribution in [-0.2, 0) is 18.2 Å². The van der Waals surface area contributed by atoms with Gasteiger partial charge in [0.1, 0.15) is 0 Å². The molecule has 11 nitrogen and oxygen atoms in total. The maximum atomic E-state index is 5.98. The Kier molecular flexibility index (Phi) is 7.66. The first-order valence-corrected chi connectivity index (χ1v) is 12.8. The van der Waals surface area contributed by atoms with E-state index in [1.807, 2.05) is 47.4 Å². The van der Waals surface area contributed by atoms with Crippen LogP contribution in [0.15, 0.2) is 41.8 Å². The van der Waals surface area contributed by atoms with Crippen LogP contribution in [0.2, 0.25) is 0 Å². The molecule has 0 amide bonds. The van der Waals surface area contributed by atoms with Crippen molar-refractivity contribution >= 4 is 29.1 Å². The Morgan fingerprint density at radius 3 is 2.62 bits per heavy atom. The second-order valence-corrected chi connectivity index (χ2v) is 9.22. The third kappa shape index (κ3) is 5.92. The Hall–Kier alpha value is -3.90. The minimum Gasteiger partial charge on any atom is -0.493 e. The summed E-state index contributed by atoms with van der Waals surface area (Å²) in [6, 6.07) is 12.1. The highest BCUT2D eigenvalue weighted by molar-refractivity contribution is 7.13. The Morgan fingerprint density at radius 2 is 1.86 bits per heavy atom. The van der Waals surface area contributed by atoms with Crippen molar-refractivity contribution in [2.45, 2.75) is 6.42 Å². The summed E-state index contributed by atoms with van der Waals surface area (Å²) in [4.78, 5) is 16.9. The van der Waals surface area contributed by atoms with Crippen LogP contribution in [0.4, 0.5) is 17.7 Å². The van der Waals surface area contributed by atoms with E-state index in [1.54, 1.807) is 25.6 Å². The number of anilines is 3. The predicted octanol–water partition coefficient (Wildman–Crippen LogP) is 3.55. The monoisotopic (exact) mass is 523 g/mol. The number of aryl methyl sites for hydroxylation is 1. The molecule has 1 saturated heterocycles. The van der Waals surface area contributed by atoms with Gasteiger partial charge in [0.25, 0.3) is 0 Å². The molecule has 1 aromatic carbocycles. The lowest BCUT2D eigenvalue weighted by Gasteiger charge is -2.26. The molecule has 1 aliphatic heterocycles. The zero-order valence-electron chi connectivity index (χ0n) is 21.0. The molecule has 0 spiro atoms. The Balaban J connectivity index is 1.33. The van der Waals surface area contributed by atoms with E-state index in [0.717, 1.165) is 16.1 Å². The van der Waals surface area contributed by atoms with Gasteiger partial charge in [0.2, 0.25) is 11.9 Å². The van der Waals surface area contributed by atoms with Gasteiger partial charge in [0.15, 0.2) is 17.3 Å². The summed E-state index contributed by atoms with van der Waals surface area (Å²) in [7, 11) is 5.15. The molecule has 0 unspecified atom stereocenters. The first-order valence-electron chi connectivity index (χ1n) is 11.9. The van der Waals surface area contributed by atoms with Crippen molar-refractivity contribution in [3.8, 4) is 28.1 Å². The molecule has 4 heterocycles. The zero-order chi connectivity index (χ0) is 25.6. The van der Waals surface area contributed by atoms with E-state index >= 15 is 0 Å².